The number of hydrogen-bond donors (Lipinski definition) is 2. The Morgan fingerprint density at radius 3 is 2.83 bits per heavy atom. The third kappa shape index (κ3) is 4.11. The van der Waals surface area contributed by atoms with Gasteiger partial charge in [0, 0.05) is 18.0 Å². The minimum atomic E-state index is -0.214. The van der Waals surface area contributed by atoms with Crippen LogP contribution in [0.3, 0.4) is 0 Å². The molecule has 1 atom stereocenters. The van der Waals surface area contributed by atoms with Crippen LogP contribution in [0.4, 0.5) is 0 Å². The molecule has 0 spiro atoms. The third-order valence-corrected chi connectivity index (χ3v) is 2.87. The van der Waals surface area contributed by atoms with Gasteiger partial charge in [0.1, 0.15) is 0 Å². The van der Waals surface area contributed by atoms with Crippen molar-refractivity contribution in [1.82, 2.24) is 5.32 Å². The molecule has 100 valence electrons. The molecule has 0 saturated carbocycles. The van der Waals surface area contributed by atoms with Gasteiger partial charge in [-0.05, 0) is 30.5 Å². The molecule has 0 saturated heterocycles. The molecule has 0 bridgehead atoms. The number of carbonyl (C=O) groups excluding carboxylic acids is 1. The Kier molecular flexibility index (Phi) is 5.78. The van der Waals surface area contributed by atoms with E-state index in [-0.39, 0.29) is 11.7 Å². The van der Waals surface area contributed by atoms with Gasteiger partial charge in [0.2, 0.25) is 0 Å². The molecule has 0 aromatic heterocycles. The molecule has 1 amide bonds. The van der Waals surface area contributed by atoms with Gasteiger partial charge in [-0.15, -0.1) is 11.6 Å². The van der Waals surface area contributed by atoms with Gasteiger partial charge in [-0.25, -0.2) is 0 Å². The predicted octanol–water partition coefficient (Wildman–Crippen LogP) is 2.40. The molecule has 0 radical (unpaired) electrons. The molecule has 0 fully saturated rings. The lowest BCUT2D eigenvalue weighted by molar-refractivity contribution is 0.0947. The highest BCUT2D eigenvalue weighted by Crippen LogP contribution is 2.26. The molecule has 4 nitrogen and oxygen atoms in total. The maximum Gasteiger partial charge on any atom is 0.251 e. The second-order valence-electron chi connectivity index (χ2n) is 4.18. The van der Waals surface area contributed by atoms with E-state index in [1.54, 1.807) is 12.1 Å². The zero-order valence-electron chi connectivity index (χ0n) is 10.6. The fourth-order valence-corrected chi connectivity index (χ4v) is 1.86. The van der Waals surface area contributed by atoms with Crippen LogP contribution in [0.25, 0.3) is 0 Å². The summed E-state index contributed by atoms with van der Waals surface area (Å²) in [4.78, 5) is 11.8. The first-order chi connectivity index (χ1) is 8.58. The highest BCUT2D eigenvalue weighted by atomic mass is 35.5. The van der Waals surface area contributed by atoms with Gasteiger partial charge in [0.15, 0.2) is 11.5 Å². The van der Waals surface area contributed by atoms with Crippen LogP contribution in [0.5, 0.6) is 11.5 Å². The molecule has 2 N–H and O–H groups in total. The number of ether oxygens (including phenoxy) is 1. The Morgan fingerprint density at radius 2 is 2.28 bits per heavy atom. The van der Waals surface area contributed by atoms with Gasteiger partial charge in [0.05, 0.1) is 7.11 Å². The van der Waals surface area contributed by atoms with Crippen LogP contribution in [-0.4, -0.2) is 30.5 Å². The van der Waals surface area contributed by atoms with Crippen LogP contribution in [0, 0.1) is 5.92 Å². The number of hydrogen-bond acceptors (Lipinski definition) is 3. The number of amides is 1. The van der Waals surface area contributed by atoms with Crippen LogP contribution < -0.4 is 10.1 Å². The molecular formula is C13H18ClNO3. The molecule has 5 heteroatoms. The monoisotopic (exact) mass is 271 g/mol. The topological polar surface area (TPSA) is 58.6 Å². The number of methoxy groups -OCH3 is 1. The Morgan fingerprint density at radius 1 is 1.56 bits per heavy atom. The Labute approximate surface area is 112 Å². The SMILES string of the molecule is COc1ccc(C(=O)NCC(C)CCCl)cc1O. The Hall–Kier alpha value is -1.42. The van der Waals surface area contributed by atoms with Gasteiger partial charge in [-0.1, -0.05) is 6.92 Å². The van der Waals surface area contributed by atoms with Crippen molar-refractivity contribution in [3.8, 4) is 11.5 Å². The molecule has 0 aliphatic rings. The van der Waals surface area contributed by atoms with Crippen LogP contribution in [0.1, 0.15) is 23.7 Å². The average molecular weight is 272 g/mol. The lowest BCUT2D eigenvalue weighted by Crippen LogP contribution is -2.28. The van der Waals surface area contributed by atoms with Crippen molar-refractivity contribution in [2.75, 3.05) is 19.5 Å². The summed E-state index contributed by atoms with van der Waals surface area (Å²) >= 11 is 5.62. The summed E-state index contributed by atoms with van der Waals surface area (Å²) in [6, 6.07) is 4.56. The lowest BCUT2D eigenvalue weighted by atomic mass is 10.1. The maximum atomic E-state index is 11.8. The first kappa shape index (κ1) is 14.6. The number of carbonyl (C=O) groups is 1. The minimum absolute atomic E-state index is 0.0426. The Balaban J connectivity index is 2.59. The molecule has 18 heavy (non-hydrogen) atoms. The van der Waals surface area contributed by atoms with E-state index in [2.05, 4.69) is 5.32 Å². The number of halogens is 1. The first-order valence-electron chi connectivity index (χ1n) is 5.79. The van der Waals surface area contributed by atoms with Crippen molar-refractivity contribution < 1.29 is 14.6 Å². The summed E-state index contributed by atoms with van der Waals surface area (Å²) in [5, 5.41) is 12.4. The maximum absolute atomic E-state index is 11.8. The van der Waals surface area contributed by atoms with Crippen LogP contribution in [0.2, 0.25) is 0 Å². The second kappa shape index (κ2) is 7.11. The van der Waals surface area contributed by atoms with E-state index >= 15 is 0 Å². The van der Waals surface area contributed by atoms with Crippen molar-refractivity contribution in [2.45, 2.75) is 13.3 Å². The van der Waals surface area contributed by atoms with E-state index in [1.165, 1.54) is 13.2 Å². The van der Waals surface area contributed by atoms with Gasteiger partial charge < -0.3 is 15.2 Å². The zero-order valence-corrected chi connectivity index (χ0v) is 11.3. The van der Waals surface area contributed by atoms with Crippen molar-refractivity contribution in [1.29, 1.82) is 0 Å². The number of rotatable bonds is 6. The van der Waals surface area contributed by atoms with E-state index in [9.17, 15) is 9.90 Å². The smallest absolute Gasteiger partial charge is 0.251 e. The van der Waals surface area contributed by atoms with E-state index in [4.69, 9.17) is 16.3 Å². The number of phenolic OH excluding ortho intramolecular Hbond substituents is 1. The minimum Gasteiger partial charge on any atom is -0.504 e. The average Bonchev–Trinajstić information content (AvgIpc) is 2.36. The van der Waals surface area contributed by atoms with E-state index in [1.807, 2.05) is 6.92 Å². The lowest BCUT2D eigenvalue weighted by Gasteiger charge is -2.11. The number of aromatic hydroxyl groups is 1. The highest BCUT2D eigenvalue weighted by Gasteiger charge is 2.10. The second-order valence-corrected chi connectivity index (χ2v) is 4.56. The van der Waals surface area contributed by atoms with Crippen LogP contribution in [0.15, 0.2) is 18.2 Å². The standard InChI is InChI=1S/C13H18ClNO3/c1-9(5-6-14)8-15-13(17)10-3-4-12(18-2)11(16)7-10/h3-4,7,9,16H,5-6,8H2,1-2H3,(H,15,17). The normalized spacial score (nSPS) is 11.9. The molecule has 1 rings (SSSR count). The number of benzene rings is 1. The molecular weight excluding hydrogens is 254 g/mol. The molecule has 1 aromatic rings. The summed E-state index contributed by atoms with van der Waals surface area (Å²) in [6.45, 7) is 2.59. The van der Waals surface area contributed by atoms with E-state index < -0.39 is 0 Å². The van der Waals surface area contributed by atoms with Gasteiger partial charge >= 0.3 is 0 Å². The van der Waals surface area contributed by atoms with Crippen molar-refractivity contribution in [2.24, 2.45) is 5.92 Å². The van der Waals surface area contributed by atoms with Crippen LogP contribution in [-0.2, 0) is 0 Å². The molecule has 1 aromatic carbocycles. The Bertz CT molecular complexity index is 409. The summed E-state index contributed by atoms with van der Waals surface area (Å²) in [5.74, 6) is 1.01. The van der Waals surface area contributed by atoms with Gasteiger partial charge in [-0.3, -0.25) is 4.79 Å². The third-order valence-electron chi connectivity index (χ3n) is 2.65. The van der Waals surface area contributed by atoms with Crippen LogP contribution >= 0.6 is 11.6 Å². The van der Waals surface area contributed by atoms with Gasteiger partial charge in [0.25, 0.3) is 5.91 Å². The van der Waals surface area contributed by atoms with Crippen molar-refractivity contribution >= 4 is 17.5 Å². The fourth-order valence-electron chi connectivity index (χ4n) is 1.49. The quantitative estimate of drug-likeness (QED) is 0.781. The molecule has 1 unspecified atom stereocenters. The van der Waals surface area contributed by atoms with E-state index in [0.29, 0.717) is 29.7 Å². The summed E-state index contributed by atoms with van der Waals surface area (Å²) in [7, 11) is 1.46. The summed E-state index contributed by atoms with van der Waals surface area (Å²) in [5.41, 5.74) is 0.409. The number of alkyl halides is 1. The number of nitrogens with one attached hydrogen (secondary N) is 1. The fraction of sp³-hybridized carbons (Fsp3) is 0.462. The van der Waals surface area contributed by atoms with Crippen molar-refractivity contribution in [3.05, 3.63) is 23.8 Å². The molecule has 0 aliphatic heterocycles. The van der Waals surface area contributed by atoms with Gasteiger partial charge in [-0.2, -0.15) is 0 Å². The summed E-state index contributed by atoms with van der Waals surface area (Å²) < 4.78 is 4.91. The van der Waals surface area contributed by atoms with E-state index in [0.717, 1.165) is 6.42 Å². The predicted molar refractivity (Wildman–Crippen MR) is 71.5 cm³/mol. The summed E-state index contributed by atoms with van der Waals surface area (Å²) in [6.07, 6.45) is 0.857. The largest absolute Gasteiger partial charge is 0.504 e. The zero-order chi connectivity index (χ0) is 13.5. The van der Waals surface area contributed by atoms with Crippen molar-refractivity contribution in [3.63, 3.8) is 0 Å². The highest BCUT2D eigenvalue weighted by molar-refractivity contribution is 6.17. The number of phenols is 1. The first-order valence-corrected chi connectivity index (χ1v) is 6.33. The molecule has 0 heterocycles. The molecule has 0 aliphatic carbocycles.